The first-order valence-corrected chi connectivity index (χ1v) is 8.41. The Morgan fingerprint density at radius 2 is 1.84 bits per heavy atom. The molecule has 0 spiro atoms. The molecule has 0 aromatic carbocycles. The van der Waals surface area contributed by atoms with E-state index in [1.54, 1.807) is 0 Å². The summed E-state index contributed by atoms with van der Waals surface area (Å²) < 4.78 is 0. The summed E-state index contributed by atoms with van der Waals surface area (Å²) in [7, 11) is 2.34. The van der Waals surface area contributed by atoms with Crippen LogP contribution in [0.2, 0.25) is 0 Å². The van der Waals surface area contributed by atoms with Crippen molar-refractivity contribution in [2.45, 2.75) is 65.5 Å². The Bertz CT molecular complexity index is 276. The molecular formula is C17H34N2. The Morgan fingerprint density at radius 1 is 1.11 bits per heavy atom. The molecule has 2 fully saturated rings. The van der Waals surface area contributed by atoms with Gasteiger partial charge in [-0.1, -0.05) is 27.2 Å². The molecule has 2 nitrogen and oxygen atoms in total. The maximum absolute atomic E-state index is 3.57. The van der Waals surface area contributed by atoms with E-state index in [1.165, 1.54) is 32.2 Å². The van der Waals surface area contributed by atoms with Crippen LogP contribution in [-0.4, -0.2) is 37.1 Å². The van der Waals surface area contributed by atoms with E-state index in [2.05, 4.69) is 45.0 Å². The SMILES string of the molecule is CC(C)NCC(C)C(C)N(C)CC1CC2CCC1C2. The normalized spacial score (nSPS) is 33.3. The van der Waals surface area contributed by atoms with Crippen LogP contribution in [0.1, 0.15) is 53.4 Å². The van der Waals surface area contributed by atoms with Crippen molar-refractivity contribution in [3.8, 4) is 0 Å². The Balaban J connectivity index is 1.74. The predicted octanol–water partition coefficient (Wildman–Crippen LogP) is 3.38. The monoisotopic (exact) mass is 266 g/mol. The molecule has 5 unspecified atom stereocenters. The van der Waals surface area contributed by atoms with E-state index in [0.29, 0.717) is 12.1 Å². The van der Waals surface area contributed by atoms with Gasteiger partial charge in [-0.3, -0.25) is 0 Å². The Morgan fingerprint density at radius 3 is 2.37 bits per heavy atom. The largest absolute Gasteiger partial charge is 0.314 e. The third kappa shape index (κ3) is 3.95. The van der Waals surface area contributed by atoms with Crippen molar-refractivity contribution in [1.29, 1.82) is 0 Å². The van der Waals surface area contributed by atoms with E-state index in [4.69, 9.17) is 0 Å². The van der Waals surface area contributed by atoms with Gasteiger partial charge in [0, 0.05) is 18.6 Å². The summed E-state index contributed by atoms with van der Waals surface area (Å²) >= 11 is 0. The lowest BCUT2D eigenvalue weighted by molar-refractivity contribution is 0.145. The molecule has 0 radical (unpaired) electrons. The second-order valence-corrected chi connectivity index (χ2v) is 7.66. The fourth-order valence-corrected chi connectivity index (χ4v) is 4.16. The third-order valence-electron chi connectivity index (χ3n) is 5.77. The van der Waals surface area contributed by atoms with Gasteiger partial charge < -0.3 is 10.2 Å². The molecule has 0 saturated heterocycles. The number of hydrogen-bond acceptors (Lipinski definition) is 2. The minimum Gasteiger partial charge on any atom is -0.314 e. The van der Waals surface area contributed by atoms with Crippen molar-refractivity contribution in [3.05, 3.63) is 0 Å². The average Bonchev–Trinajstić information content (AvgIpc) is 2.96. The smallest absolute Gasteiger partial charge is 0.0102 e. The van der Waals surface area contributed by atoms with Crippen molar-refractivity contribution in [3.63, 3.8) is 0 Å². The lowest BCUT2D eigenvalue weighted by Gasteiger charge is -2.34. The van der Waals surface area contributed by atoms with E-state index < -0.39 is 0 Å². The standard InChI is InChI=1S/C17H34N2/c1-12(2)18-10-13(3)14(4)19(5)11-17-9-15-6-7-16(17)8-15/h12-18H,6-11H2,1-5H3. The minimum atomic E-state index is 0.602. The molecule has 112 valence electrons. The molecule has 2 saturated carbocycles. The van der Waals surface area contributed by atoms with Gasteiger partial charge in [-0.15, -0.1) is 0 Å². The number of rotatable bonds is 7. The molecule has 2 aliphatic rings. The number of nitrogens with zero attached hydrogens (tertiary/aromatic N) is 1. The van der Waals surface area contributed by atoms with Crippen molar-refractivity contribution in [1.82, 2.24) is 10.2 Å². The molecular weight excluding hydrogens is 232 g/mol. The first-order valence-electron chi connectivity index (χ1n) is 8.41. The summed E-state index contributed by atoms with van der Waals surface area (Å²) in [6.07, 6.45) is 6.09. The van der Waals surface area contributed by atoms with Gasteiger partial charge in [-0.05, 0) is 63.5 Å². The van der Waals surface area contributed by atoms with Gasteiger partial charge in [-0.25, -0.2) is 0 Å². The number of nitrogens with one attached hydrogen (secondary N) is 1. The van der Waals surface area contributed by atoms with Crippen LogP contribution in [-0.2, 0) is 0 Å². The van der Waals surface area contributed by atoms with Gasteiger partial charge in [-0.2, -0.15) is 0 Å². The van der Waals surface area contributed by atoms with E-state index in [1.807, 2.05) is 0 Å². The van der Waals surface area contributed by atoms with Gasteiger partial charge in [0.2, 0.25) is 0 Å². The van der Waals surface area contributed by atoms with Crippen LogP contribution in [0.25, 0.3) is 0 Å². The van der Waals surface area contributed by atoms with Crippen molar-refractivity contribution < 1.29 is 0 Å². The van der Waals surface area contributed by atoms with Gasteiger partial charge in [0.05, 0.1) is 0 Å². The molecule has 2 heteroatoms. The van der Waals surface area contributed by atoms with Crippen LogP contribution in [0, 0.1) is 23.7 Å². The Hall–Kier alpha value is -0.0800. The molecule has 19 heavy (non-hydrogen) atoms. The summed E-state index contributed by atoms with van der Waals surface area (Å²) in [5, 5.41) is 3.57. The first-order chi connectivity index (χ1) is 8.97. The lowest BCUT2D eigenvalue weighted by Crippen LogP contribution is -2.42. The molecule has 0 aliphatic heterocycles. The third-order valence-corrected chi connectivity index (χ3v) is 5.77. The Kier molecular flexibility index (Phi) is 5.30. The van der Waals surface area contributed by atoms with Crippen molar-refractivity contribution >= 4 is 0 Å². The lowest BCUT2D eigenvalue weighted by atomic mass is 9.88. The Labute approximate surface area is 120 Å². The quantitative estimate of drug-likeness (QED) is 0.760. The average molecular weight is 266 g/mol. The van der Waals surface area contributed by atoms with Gasteiger partial charge in [0.1, 0.15) is 0 Å². The molecule has 2 bridgehead atoms. The molecule has 0 aromatic rings. The van der Waals surface area contributed by atoms with Crippen LogP contribution in [0.5, 0.6) is 0 Å². The molecule has 5 atom stereocenters. The van der Waals surface area contributed by atoms with Crippen LogP contribution in [0.4, 0.5) is 0 Å². The summed E-state index contributed by atoms with van der Waals surface area (Å²) in [5.74, 6) is 3.87. The summed E-state index contributed by atoms with van der Waals surface area (Å²) in [4.78, 5) is 2.62. The summed E-state index contributed by atoms with van der Waals surface area (Å²) in [6.45, 7) is 11.7. The topological polar surface area (TPSA) is 15.3 Å². The zero-order valence-corrected chi connectivity index (χ0v) is 13.7. The highest BCUT2D eigenvalue weighted by molar-refractivity contribution is 4.91. The molecule has 0 heterocycles. The minimum absolute atomic E-state index is 0.602. The molecule has 2 rings (SSSR count). The first kappa shape index (κ1) is 15.3. The molecule has 0 aromatic heterocycles. The van der Waals surface area contributed by atoms with Crippen LogP contribution in [0.15, 0.2) is 0 Å². The van der Waals surface area contributed by atoms with Gasteiger partial charge in [0.15, 0.2) is 0 Å². The van der Waals surface area contributed by atoms with Gasteiger partial charge in [0.25, 0.3) is 0 Å². The van der Waals surface area contributed by atoms with Crippen LogP contribution >= 0.6 is 0 Å². The molecule has 1 N–H and O–H groups in total. The second-order valence-electron chi connectivity index (χ2n) is 7.66. The second kappa shape index (κ2) is 6.58. The zero-order chi connectivity index (χ0) is 14.0. The van der Waals surface area contributed by atoms with E-state index in [-0.39, 0.29) is 0 Å². The highest BCUT2D eigenvalue weighted by Gasteiger charge is 2.40. The van der Waals surface area contributed by atoms with E-state index in [0.717, 1.165) is 30.2 Å². The predicted molar refractivity (Wildman–Crippen MR) is 83.3 cm³/mol. The van der Waals surface area contributed by atoms with Crippen molar-refractivity contribution in [2.75, 3.05) is 20.1 Å². The van der Waals surface area contributed by atoms with Gasteiger partial charge >= 0.3 is 0 Å². The van der Waals surface area contributed by atoms with Crippen LogP contribution in [0.3, 0.4) is 0 Å². The molecule has 2 aliphatic carbocycles. The zero-order valence-electron chi connectivity index (χ0n) is 13.7. The van der Waals surface area contributed by atoms with E-state index >= 15 is 0 Å². The maximum Gasteiger partial charge on any atom is 0.0102 e. The fraction of sp³-hybridized carbons (Fsp3) is 1.00. The molecule has 0 amide bonds. The summed E-state index contributed by atoms with van der Waals surface area (Å²) in [5.41, 5.74) is 0. The van der Waals surface area contributed by atoms with Crippen LogP contribution < -0.4 is 5.32 Å². The van der Waals surface area contributed by atoms with E-state index in [9.17, 15) is 0 Å². The number of fused-ring (bicyclic) bond motifs is 2. The fourth-order valence-electron chi connectivity index (χ4n) is 4.16. The maximum atomic E-state index is 3.57. The van der Waals surface area contributed by atoms with Crippen molar-refractivity contribution in [2.24, 2.45) is 23.7 Å². The highest BCUT2D eigenvalue weighted by atomic mass is 15.1. The highest BCUT2D eigenvalue weighted by Crippen LogP contribution is 2.48. The number of hydrogen-bond donors (Lipinski definition) is 1. The summed E-state index contributed by atoms with van der Waals surface area (Å²) in [6, 6.07) is 1.29.